The minimum absolute atomic E-state index is 1.14. The molecule has 1 aromatic carbocycles. The molecule has 0 N–H and O–H groups in total. The van der Waals surface area contributed by atoms with Gasteiger partial charge in [0.25, 0.3) is 0 Å². The fourth-order valence-electron chi connectivity index (χ4n) is 2.50. The number of aromatic nitrogens is 1. The van der Waals surface area contributed by atoms with Crippen LogP contribution in [0.4, 0.5) is 0 Å². The fraction of sp³-hybridized carbons (Fsp3) is 0.421. The van der Waals surface area contributed by atoms with Gasteiger partial charge in [-0.15, -0.1) is 0 Å². The molecule has 0 saturated carbocycles. The second-order valence-electron chi connectivity index (χ2n) is 5.46. The molecule has 0 bridgehead atoms. The number of pyridine rings is 1. The molecule has 0 saturated heterocycles. The number of rotatable bonds is 8. The first-order chi connectivity index (χ1) is 9.90. The summed E-state index contributed by atoms with van der Waals surface area (Å²) in [6.07, 6.45) is 12.6. The van der Waals surface area contributed by atoms with E-state index in [2.05, 4.69) is 66.3 Å². The van der Waals surface area contributed by atoms with Crippen molar-refractivity contribution in [3.05, 3.63) is 54.9 Å². The largest absolute Gasteiger partial charge is 0.205 e. The molecule has 0 fully saturated rings. The first kappa shape index (κ1) is 14.8. The summed E-state index contributed by atoms with van der Waals surface area (Å²) < 4.78 is 2.30. The van der Waals surface area contributed by atoms with Crippen LogP contribution in [0.25, 0.3) is 11.1 Å². The summed E-state index contributed by atoms with van der Waals surface area (Å²) in [5.74, 6) is 0. The molecule has 1 nitrogen and oxygen atoms in total. The van der Waals surface area contributed by atoms with Gasteiger partial charge in [0.15, 0.2) is 12.4 Å². The summed E-state index contributed by atoms with van der Waals surface area (Å²) >= 11 is 0. The van der Waals surface area contributed by atoms with Gasteiger partial charge >= 0.3 is 0 Å². The Kier molecular flexibility index (Phi) is 6.30. The minimum Gasteiger partial charge on any atom is -0.205 e. The van der Waals surface area contributed by atoms with Crippen LogP contribution in [-0.4, -0.2) is 0 Å². The maximum atomic E-state index is 2.30. The lowest BCUT2D eigenvalue weighted by Crippen LogP contribution is -2.32. The molecule has 2 aromatic rings. The zero-order valence-corrected chi connectivity index (χ0v) is 12.6. The molecule has 0 aliphatic rings. The van der Waals surface area contributed by atoms with Crippen molar-refractivity contribution >= 4 is 0 Å². The van der Waals surface area contributed by atoms with E-state index < -0.39 is 0 Å². The van der Waals surface area contributed by atoms with E-state index in [4.69, 9.17) is 0 Å². The van der Waals surface area contributed by atoms with Crippen molar-refractivity contribution in [3.8, 4) is 11.1 Å². The predicted octanol–water partition coefficient (Wildman–Crippen LogP) is 5.00. The highest BCUT2D eigenvalue weighted by atomic mass is 14.9. The second-order valence-corrected chi connectivity index (χ2v) is 5.46. The Labute approximate surface area is 123 Å². The van der Waals surface area contributed by atoms with Gasteiger partial charge in [-0.1, -0.05) is 62.9 Å². The molecule has 0 atom stereocenters. The van der Waals surface area contributed by atoms with Gasteiger partial charge in [0.05, 0.1) is 0 Å². The zero-order valence-electron chi connectivity index (χ0n) is 12.6. The Morgan fingerprint density at radius 1 is 0.700 bits per heavy atom. The molecule has 2 rings (SSSR count). The number of nitrogens with zero attached hydrogens (tertiary/aromatic N) is 1. The Balaban J connectivity index is 1.77. The van der Waals surface area contributed by atoms with Crippen molar-refractivity contribution in [1.82, 2.24) is 0 Å². The standard InChI is InChI=1S/C19H26N/c1-2-3-4-5-6-10-15-20-16-13-19(14-17-20)18-11-8-7-9-12-18/h7-9,11-14,16-17H,2-6,10,15H2,1H3/q+1. The number of hydrogen-bond donors (Lipinski definition) is 0. The SMILES string of the molecule is CCCCCCCC[n+]1ccc(-c2ccccc2)cc1. The quantitative estimate of drug-likeness (QED) is 0.468. The van der Waals surface area contributed by atoms with Crippen LogP contribution < -0.4 is 4.57 Å². The number of hydrogen-bond acceptors (Lipinski definition) is 0. The molecule has 0 radical (unpaired) electrons. The van der Waals surface area contributed by atoms with Crippen LogP contribution in [0.2, 0.25) is 0 Å². The van der Waals surface area contributed by atoms with Gasteiger partial charge in [-0.2, -0.15) is 0 Å². The van der Waals surface area contributed by atoms with Crippen LogP contribution in [0, 0.1) is 0 Å². The molecular weight excluding hydrogens is 242 g/mol. The lowest BCUT2D eigenvalue weighted by molar-refractivity contribution is -0.697. The maximum Gasteiger partial charge on any atom is 0.169 e. The average molecular weight is 268 g/mol. The lowest BCUT2D eigenvalue weighted by atomic mass is 10.1. The molecule has 0 spiro atoms. The highest BCUT2D eigenvalue weighted by Gasteiger charge is 2.02. The Morgan fingerprint density at radius 2 is 1.30 bits per heavy atom. The number of aryl methyl sites for hydroxylation is 1. The first-order valence-corrected chi connectivity index (χ1v) is 7.94. The van der Waals surface area contributed by atoms with E-state index in [1.165, 1.54) is 49.7 Å². The molecule has 0 aliphatic carbocycles. The normalized spacial score (nSPS) is 10.7. The third kappa shape index (κ3) is 4.80. The molecule has 0 aliphatic heterocycles. The third-order valence-electron chi connectivity index (χ3n) is 3.77. The van der Waals surface area contributed by atoms with Crippen molar-refractivity contribution in [2.24, 2.45) is 0 Å². The first-order valence-electron chi connectivity index (χ1n) is 7.94. The van der Waals surface area contributed by atoms with Crippen LogP contribution in [-0.2, 0) is 6.54 Å². The number of unbranched alkanes of at least 4 members (excludes halogenated alkanes) is 5. The third-order valence-corrected chi connectivity index (χ3v) is 3.77. The van der Waals surface area contributed by atoms with Crippen LogP contribution in [0.15, 0.2) is 54.9 Å². The molecule has 1 aromatic heterocycles. The van der Waals surface area contributed by atoms with E-state index in [0.29, 0.717) is 0 Å². The predicted molar refractivity (Wildman–Crippen MR) is 85.4 cm³/mol. The van der Waals surface area contributed by atoms with E-state index >= 15 is 0 Å². The topological polar surface area (TPSA) is 3.88 Å². The van der Waals surface area contributed by atoms with Gasteiger partial charge in [-0.3, -0.25) is 0 Å². The summed E-state index contributed by atoms with van der Waals surface area (Å²) in [7, 11) is 0. The molecule has 106 valence electrons. The highest BCUT2D eigenvalue weighted by molar-refractivity contribution is 5.61. The van der Waals surface area contributed by atoms with E-state index in [1.54, 1.807) is 0 Å². The highest BCUT2D eigenvalue weighted by Crippen LogP contribution is 2.16. The van der Waals surface area contributed by atoms with Gasteiger partial charge in [-0.25, -0.2) is 4.57 Å². The van der Waals surface area contributed by atoms with Crippen LogP contribution >= 0.6 is 0 Å². The Morgan fingerprint density at radius 3 is 2.00 bits per heavy atom. The average Bonchev–Trinajstić information content (AvgIpc) is 2.52. The van der Waals surface area contributed by atoms with Gasteiger partial charge in [0.1, 0.15) is 6.54 Å². The fourth-order valence-corrected chi connectivity index (χ4v) is 2.50. The van der Waals surface area contributed by atoms with Gasteiger partial charge in [0, 0.05) is 18.6 Å². The van der Waals surface area contributed by atoms with Crippen molar-refractivity contribution in [2.45, 2.75) is 52.0 Å². The van der Waals surface area contributed by atoms with Crippen molar-refractivity contribution in [1.29, 1.82) is 0 Å². The van der Waals surface area contributed by atoms with Crippen LogP contribution in [0.3, 0.4) is 0 Å². The van der Waals surface area contributed by atoms with Gasteiger partial charge in [0.2, 0.25) is 0 Å². The van der Waals surface area contributed by atoms with E-state index in [-0.39, 0.29) is 0 Å². The van der Waals surface area contributed by atoms with Gasteiger partial charge < -0.3 is 0 Å². The number of benzene rings is 1. The minimum atomic E-state index is 1.14. The summed E-state index contributed by atoms with van der Waals surface area (Å²) in [5.41, 5.74) is 2.59. The van der Waals surface area contributed by atoms with Crippen molar-refractivity contribution < 1.29 is 4.57 Å². The van der Waals surface area contributed by atoms with E-state index in [1.807, 2.05) is 0 Å². The molecular formula is C19H26N+. The summed E-state index contributed by atoms with van der Waals surface area (Å²) in [6.45, 7) is 3.41. The summed E-state index contributed by atoms with van der Waals surface area (Å²) in [5, 5.41) is 0. The lowest BCUT2D eigenvalue weighted by Gasteiger charge is -2.01. The second kappa shape index (κ2) is 8.52. The van der Waals surface area contributed by atoms with Crippen molar-refractivity contribution in [3.63, 3.8) is 0 Å². The molecule has 0 unspecified atom stereocenters. The Bertz CT molecular complexity index is 473. The van der Waals surface area contributed by atoms with Gasteiger partial charge in [-0.05, 0) is 17.5 Å². The van der Waals surface area contributed by atoms with Crippen LogP contribution in [0.1, 0.15) is 45.4 Å². The molecule has 1 heteroatoms. The Hall–Kier alpha value is -1.63. The summed E-state index contributed by atoms with van der Waals surface area (Å²) in [6, 6.07) is 15.0. The van der Waals surface area contributed by atoms with Crippen molar-refractivity contribution in [2.75, 3.05) is 0 Å². The zero-order chi connectivity index (χ0) is 14.0. The van der Waals surface area contributed by atoms with E-state index in [0.717, 1.165) is 6.54 Å². The monoisotopic (exact) mass is 268 g/mol. The smallest absolute Gasteiger partial charge is 0.169 e. The maximum absolute atomic E-state index is 2.30. The summed E-state index contributed by atoms with van der Waals surface area (Å²) in [4.78, 5) is 0. The molecule has 1 heterocycles. The molecule has 0 amide bonds. The molecule has 20 heavy (non-hydrogen) atoms. The van der Waals surface area contributed by atoms with Crippen LogP contribution in [0.5, 0.6) is 0 Å². The van der Waals surface area contributed by atoms with E-state index in [9.17, 15) is 0 Å².